The first-order valence-corrected chi connectivity index (χ1v) is 30.8. The van der Waals surface area contributed by atoms with Crippen molar-refractivity contribution in [3.8, 4) is 0 Å². The second kappa shape index (κ2) is 59.7. The topological polar surface area (TPSA) is 78.9 Å². The van der Waals surface area contributed by atoms with Crippen LogP contribution in [0.2, 0.25) is 0 Å². The predicted molar refractivity (Wildman–Crippen MR) is 307 cm³/mol. The third-order valence-electron chi connectivity index (χ3n) is 13.6. The number of hydrogen-bond acceptors (Lipinski definition) is 6. The molecule has 6 heteroatoms. The van der Waals surface area contributed by atoms with Crippen molar-refractivity contribution >= 4 is 17.9 Å². The number of ether oxygens (including phenoxy) is 3. The Kier molecular flexibility index (Phi) is 57.2. The molecule has 0 fully saturated rings. The first-order valence-electron chi connectivity index (χ1n) is 30.8. The van der Waals surface area contributed by atoms with Crippen molar-refractivity contribution in [2.75, 3.05) is 13.2 Å². The molecule has 0 heterocycles. The third-order valence-corrected chi connectivity index (χ3v) is 13.6. The molecule has 0 rings (SSSR count). The Morgan fingerprint density at radius 3 is 0.859 bits per heavy atom. The van der Waals surface area contributed by atoms with Crippen LogP contribution < -0.4 is 0 Å². The number of rotatable bonds is 56. The summed E-state index contributed by atoms with van der Waals surface area (Å²) in [5, 5.41) is 0. The number of allylic oxidation sites excluding steroid dienone is 9. The van der Waals surface area contributed by atoms with Crippen LogP contribution in [0, 0.1) is 0 Å². The molecule has 0 bridgehead atoms. The summed E-state index contributed by atoms with van der Waals surface area (Å²) in [4.78, 5) is 38.2. The van der Waals surface area contributed by atoms with Crippen molar-refractivity contribution in [3.63, 3.8) is 0 Å². The van der Waals surface area contributed by atoms with Gasteiger partial charge < -0.3 is 14.2 Å². The van der Waals surface area contributed by atoms with Gasteiger partial charge in [0, 0.05) is 12.8 Å². The van der Waals surface area contributed by atoms with Crippen LogP contribution in [-0.4, -0.2) is 37.2 Å². The average molecular weight is 994 g/mol. The van der Waals surface area contributed by atoms with Gasteiger partial charge in [0.25, 0.3) is 0 Å². The van der Waals surface area contributed by atoms with Crippen molar-refractivity contribution in [2.45, 2.75) is 322 Å². The normalized spacial score (nSPS) is 12.4. The number of carbonyl (C=O) groups excluding carboxylic acids is 3. The van der Waals surface area contributed by atoms with Crippen LogP contribution in [0.15, 0.2) is 60.8 Å². The van der Waals surface area contributed by atoms with Gasteiger partial charge >= 0.3 is 17.9 Å². The quantitative estimate of drug-likeness (QED) is 0.0261. The van der Waals surface area contributed by atoms with E-state index in [4.69, 9.17) is 14.2 Å². The molecule has 0 aliphatic carbocycles. The molecule has 0 aromatic heterocycles. The van der Waals surface area contributed by atoms with E-state index in [2.05, 4.69) is 69.4 Å². The third kappa shape index (κ3) is 57.9. The van der Waals surface area contributed by atoms with E-state index in [1.165, 1.54) is 205 Å². The van der Waals surface area contributed by atoms with E-state index < -0.39 is 12.1 Å². The van der Waals surface area contributed by atoms with E-state index in [1.54, 1.807) is 6.08 Å². The minimum Gasteiger partial charge on any atom is -0.462 e. The zero-order chi connectivity index (χ0) is 51.4. The van der Waals surface area contributed by atoms with E-state index in [1.807, 2.05) is 6.08 Å². The number of esters is 3. The highest BCUT2D eigenvalue weighted by molar-refractivity contribution is 5.72. The highest BCUT2D eigenvalue weighted by atomic mass is 16.6. The van der Waals surface area contributed by atoms with E-state index in [0.717, 1.165) is 70.6 Å². The molecule has 0 aliphatic heterocycles. The van der Waals surface area contributed by atoms with Gasteiger partial charge in [-0.1, -0.05) is 313 Å². The maximum Gasteiger partial charge on any atom is 0.309 e. The molecule has 412 valence electrons. The van der Waals surface area contributed by atoms with Crippen LogP contribution >= 0.6 is 0 Å². The van der Waals surface area contributed by atoms with Gasteiger partial charge in [0.2, 0.25) is 0 Å². The Morgan fingerprint density at radius 1 is 0.296 bits per heavy atom. The van der Waals surface area contributed by atoms with E-state index in [-0.39, 0.29) is 31.6 Å². The van der Waals surface area contributed by atoms with Gasteiger partial charge in [-0.05, 0) is 44.9 Å². The molecule has 1 unspecified atom stereocenters. The highest BCUT2D eigenvalue weighted by Gasteiger charge is 2.19. The number of hydrogen-bond donors (Lipinski definition) is 0. The maximum absolute atomic E-state index is 12.9. The summed E-state index contributed by atoms with van der Waals surface area (Å²) < 4.78 is 16.8. The lowest BCUT2D eigenvalue weighted by atomic mass is 10.0. The highest BCUT2D eigenvalue weighted by Crippen LogP contribution is 2.17. The molecular weight excluding hydrogens is 877 g/mol. The molecule has 0 amide bonds. The van der Waals surface area contributed by atoms with Crippen molar-refractivity contribution in [2.24, 2.45) is 0 Å². The van der Waals surface area contributed by atoms with Crippen LogP contribution in [0.25, 0.3) is 0 Å². The largest absolute Gasteiger partial charge is 0.462 e. The van der Waals surface area contributed by atoms with Crippen LogP contribution in [0.3, 0.4) is 0 Å². The summed E-state index contributed by atoms with van der Waals surface area (Å²) in [5.74, 6) is -1.01. The fourth-order valence-corrected chi connectivity index (χ4v) is 8.99. The molecule has 0 aliphatic rings. The number of carbonyl (C=O) groups is 3. The Labute approximate surface area is 440 Å². The zero-order valence-corrected chi connectivity index (χ0v) is 47.2. The summed E-state index contributed by atoms with van der Waals surface area (Å²) in [6.45, 7) is 6.49. The fraction of sp³-hybridized carbons (Fsp3) is 0.800. The van der Waals surface area contributed by atoms with Crippen molar-refractivity contribution < 1.29 is 28.6 Å². The second-order valence-corrected chi connectivity index (χ2v) is 20.6. The molecule has 0 N–H and O–H groups in total. The average Bonchev–Trinajstić information content (AvgIpc) is 3.37. The van der Waals surface area contributed by atoms with E-state index >= 15 is 0 Å². The molecule has 0 spiro atoms. The first kappa shape index (κ1) is 68.1. The van der Waals surface area contributed by atoms with Crippen molar-refractivity contribution in [1.82, 2.24) is 0 Å². The first-order chi connectivity index (χ1) is 35.0. The SMILES string of the molecule is CC/C=C\C/C=C\C/C=C\C/C=C\C/C=C\CC(=O)OCC(COC(=O)CCCCCCCCCCCCCCCCCCCCCCC)OC(=O)CCCCCCCCCCCCCCCCCCC. The maximum atomic E-state index is 12.9. The minimum absolute atomic E-state index is 0.0994. The van der Waals surface area contributed by atoms with E-state index in [0.29, 0.717) is 12.8 Å². The molecule has 0 aromatic carbocycles. The zero-order valence-electron chi connectivity index (χ0n) is 47.2. The van der Waals surface area contributed by atoms with E-state index in [9.17, 15) is 14.4 Å². The van der Waals surface area contributed by atoms with Gasteiger partial charge in [-0.25, -0.2) is 0 Å². The monoisotopic (exact) mass is 993 g/mol. The van der Waals surface area contributed by atoms with Gasteiger partial charge in [0.05, 0.1) is 6.42 Å². The Hall–Kier alpha value is -2.89. The van der Waals surface area contributed by atoms with Crippen LogP contribution in [0.5, 0.6) is 0 Å². The Bertz CT molecular complexity index is 1280. The van der Waals surface area contributed by atoms with Gasteiger partial charge in [-0.2, -0.15) is 0 Å². The fourth-order valence-electron chi connectivity index (χ4n) is 8.99. The number of unbranched alkanes of at least 4 members (excludes halogenated alkanes) is 36. The van der Waals surface area contributed by atoms with Gasteiger partial charge in [-0.15, -0.1) is 0 Å². The van der Waals surface area contributed by atoms with Gasteiger partial charge in [0.1, 0.15) is 13.2 Å². The lowest BCUT2D eigenvalue weighted by molar-refractivity contribution is -0.166. The van der Waals surface area contributed by atoms with Crippen LogP contribution in [0.4, 0.5) is 0 Å². The predicted octanol–water partition coefficient (Wildman–Crippen LogP) is 20.8. The lowest BCUT2D eigenvalue weighted by Crippen LogP contribution is -2.30. The summed E-state index contributed by atoms with van der Waals surface area (Å²) in [7, 11) is 0. The molecule has 0 saturated carbocycles. The summed E-state index contributed by atoms with van der Waals surface area (Å²) in [6, 6.07) is 0. The summed E-state index contributed by atoms with van der Waals surface area (Å²) >= 11 is 0. The minimum atomic E-state index is -0.811. The standard InChI is InChI=1S/C65H116O6/c1-4-7-10-13-16-19-22-25-28-30-31-32-33-35-37-40-43-46-49-52-55-58-64(67)70-61-62(60-69-63(66)57-54-51-48-45-42-39-36-27-24-21-18-15-12-9-6-3)71-65(68)59-56-53-50-47-44-41-38-34-29-26-23-20-17-14-11-8-5-2/h9,12,18,21,27,36,42,45,51,54,62H,4-8,10-11,13-17,19-20,22-26,28-35,37-41,43-44,46-50,52-53,55-61H2,1-3H3/b12-9-,21-18-,36-27-,45-42-,54-51-. The van der Waals surface area contributed by atoms with Gasteiger partial charge in [0.15, 0.2) is 6.10 Å². The molecular formula is C65H116O6. The smallest absolute Gasteiger partial charge is 0.309 e. The summed E-state index contributed by atoms with van der Waals surface area (Å²) in [6.07, 6.45) is 75.4. The molecule has 0 radical (unpaired) electrons. The van der Waals surface area contributed by atoms with Crippen LogP contribution in [-0.2, 0) is 28.6 Å². The molecule has 0 saturated heterocycles. The van der Waals surface area contributed by atoms with Crippen molar-refractivity contribution in [1.29, 1.82) is 0 Å². The molecule has 1 atom stereocenters. The second-order valence-electron chi connectivity index (χ2n) is 20.6. The molecule has 6 nitrogen and oxygen atoms in total. The van der Waals surface area contributed by atoms with Crippen LogP contribution in [0.1, 0.15) is 316 Å². The lowest BCUT2D eigenvalue weighted by Gasteiger charge is -2.18. The Morgan fingerprint density at radius 2 is 0.549 bits per heavy atom. The summed E-state index contributed by atoms with van der Waals surface area (Å²) in [5.41, 5.74) is 0. The Balaban J connectivity index is 4.38. The van der Waals surface area contributed by atoms with Gasteiger partial charge in [-0.3, -0.25) is 14.4 Å². The molecule has 0 aromatic rings. The van der Waals surface area contributed by atoms with Crippen molar-refractivity contribution in [3.05, 3.63) is 60.8 Å². The molecule has 71 heavy (non-hydrogen) atoms.